The molecule has 6 N–H and O–H groups in total. The Bertz CT molecular complexity index is 2270. The first-order valence-electron chi connectivity index (χ1n) is 15.9. The van der Waals surface area contributed by atoms with Crippen molar-refractivity contribution in [2.24, 2.45) is 0 Å². The Kier molecular flexibility index (Phi) is 17.2. The summed E-state index contributed by atoms with van der Waals surface area (Å²) in [7, 11) is 0. The first kappa shape index (κ1) is 43.4. The number of aromatic nitrogens is 3. The molecule has 10 nitrogen and oxygen atoms in total. The standard InChI is InChI=1S/C17H15BrClN2O.C10H9BrN2O2.C10H11BrN2O.2CH4.H2/c18-14-3-6-17-16(9-14)13(10-20-17)7-8-21(22)11-12-1-4-15(19)5-2-12;11-8-1-2-10-9(5-8)7(6-12-10)3-4-13(14)15;11-8-1-2-10-9(5-8)7(6-12-10)3-4-13-14;;;/h1-6,9-11,20,22H,7-8H2;1-2,5-6,12H,3-4H2;1-2,5-6,12-14H,3-4H2;2*1H4;1H/q+1;;;;;/b21-11-;;;;;/i;;;;;1+1. The molecule has 3 heterocycles. The zero-order valence-electron chi connectivity index (χ0n) is 27.2. The van der Waals surface area contributed by atoms with Gasteiger partial charge in [0.25, 0.3) is 0 Å². The van der Waals surface area contributed by atoms with E-state index in [1.54, 1.807) is 18.3 Å². The molecule has 7 aromatic rings. The van der Waals surface area contributed by atoms with Crippen LogP contribution in [0.5, 0.6) is 0 Å². The van der Waals surface area contributed by atoms with Crippen molar-refractivity contribution in [2.75, 3.05) is 19.6 Å². The summed E-state index contributed by atoms with van der Waals surface area (Å²) < 4.78 is 4.31. The minimum atomic E-state index is -0.295. The fourth-order valence-electron chi connectivity index (χ4n) is 5.50. The maximum Gasteiger partial charge on any atom is 0.222 e. The SMILES string of the molecule is C.C.O/[N+](=C\c1ccc(Cl)cc1)CCc1c[nH]c2ccc(Br)cc12.O=[N+]([O-])CCc1c[nH]c2ccc(Br)cc12.ONCCc1c[nH]c2ccc(Br)cc12.[2HH]. The second-order valence-electron chi connectivity index (χ2n) is 11.6. The smallest absolute Gasteiger partial charge is 0.222 e. The van der Waals surface area contributed by atoms with Crippen molar-refractivity contribution in [3.05, 3.63) is 148 Å². The Morgan fingerprint density at radius 1 is 0.698 bits per heavy atom. The second kappa shape index (κ2) is 21.0. The van der Waals surface area contributed by atoms with E-state index >= 15 is 0 Å². The number of H-pyrrole nitrogens is 3. The Labute approximate surface area is 340 Å². The fraction of sp³-hybridized carbons (Fsp3) is 0.205. The van der Waals surface area contributed by atoms with Gasteiger partial charge in [-0.2, -0.15) is 0 Å². The van der Waals surface area contributed by atoms with Gasteiger partial charge in [0.15, 0.2) is 6.54 Å². The van der Waals surface area contributed by atoms with Crippen molar-refractivity contribution in [3.63, 3.8) is 0 Å². The van der Waals surface area contributed by atoms with Crippen LogP contribution in [0.1, 0.15) is 38.5 Å². The van der Waals surface area contributed by atoms with E-state index in [1.807, 2.05) is 73.2 Å². The summed E-state index contributed by atoms with van der Waals surface area (Å²) in [6.07, 6.45) is 9.52. The monoisotopic (exact) mass is 934 g/mol. The van der Waals surface area contributed by atoms with Crippen molar-refractivity contribution in [1.82, 2.24) is 20.4 Å². The number of benzene rings is 4. The van der Waals surface area contributed by atoms with E-state index in [0.29, 0.717) is 24.5 Å². The number of fused-ring (bicyclic) bond motifs is 3. The van der Waals surface area contributed by atoms with Crippen molar-refractivity contribution < 1.29 is 21.5 Å². The Morgan fingerprint density at radius 2 is 1.11 bits per heavy atom. The molecule has 0 aliphatic rings. The summed E-state index contributed by atoms with van der Waals surface area (Å²) in [5, 5.41) is 32.9. The van der Waals surface area contributed by atoms with Crippen LogP contribution in [-0.2, 0) is 19.3 Å². The molecule has 282 valence electrons. The third kappa shape index (κ3) is 12.5. The van der Waals surface area contributed by atoms with Crippen molar-refractivity contribution in [3.8, 4) is 0 Å². The predicted molar refractivity (Wildman–Crippen MR) is 230 cm³/mol. The quantitative estimate of drug-likeness (QED) is 0.0266. The fourth-order valence-corrected chi connectivity index (χ4v) is 6.70. The van der Waals surface area contributed by atoms with E-state index in [1.165, 1.54) is 26.6 Å². The molecule has 4 aromatic carbocycles. The van der Waals surface area contributed by atoms with Gasteiger partial charge in [0.05, 0.1) is 0 Å². The van der Waals surface area contributed by atoms with Crippen LogP contribution in [0.25, 0.3) is 32.7 Å². The maximum atomic E-state index is 10.3. The minimum Gasteiger partial charge on any atom is -0.361 e. The summed E-state index contributed by atoms with van der Waals surface area (Å²) in [6.45, 7) is 1.06. The van der Waals surface area contributed by atoms with Gasteiger partial charge in [-0.05, 0) is 107 Å². The van der Waals surface area contributed by atoms with Crippen LogP contribution >= 0.6 is 59.4 Å². The molecule has 0 amide bonds. The van der Waals surface area contributed by atoms with Gasteiger partial charge in [-0.1, -0.05) is 74.2 Å². The van der Waals surface area contributed by atoms with E-state index in [4.69, 9.17) is 16.8 Å². The number of hydrogen-bond acceptors (Lipinski definition) is 5. The topological polar surface area (TPSA) is 146 Å². The summed E-state index contributed by atoms with van der Waals surface area (Å²) >= 11 is 16.2. The number of nitrogens with zero attached hydrogens (tertiary/aromatic N) is 2. The number of rotatable bonds is 10. The lowest BCUT2D eigenvalue weighted by molar-refractivity contribution is -0.770. The van der Waals surface area contributed by atoms with Crippen molar-refractivity contribution >= 4 is 98.3 Å². The summed E-state index contributed by atoms with van der Waals surface area (Å²) in [5.74, 6) is 0. The van der Waals surface area contributed by atoms with E-state index in [2.05, 4.69) is 80.4 Å². The first-order chi connectivity index (χ1) is 24.6. The van der Waals surface area contributed by atoms with Gasteiger partial charge in [0, 0.05) is 101 Å². The van der Waals surface area contributed by atoms with Crippen LogP contribution in [-0.4, -0.2) is 60.9 Å². The number of halogens is 4. The number of nitrogens with one attached hydrogen (secondary N) is 4. The van der Waals surface area contributed by atoms with E-state index in [9.17, 15) is 15.3 Å². The zero-order chi connectivity index (χ0) is 36.3. The molecule has 0 fully saturated rings. The average molecular weight is 938 g/mol. The van der Waals surface area contributed by atoms with Gasteiger partial charge in [0.2, 0.25) is 12.8 Å². The Morgan fingerprint density at radius 3 is 1.53 bits per heavy atom. The van der Waals surface area contributed by atoms with Crippen molar-refractivity contribution in [2.45, 2.75) is 34.1 Å². The highest BCUT2D eigenvalue weighted by molar-refractivity contribution is 9.11. The van der Waals surface area contributed by atoms with Crippen LogP contribution in [0.3, 0.4) is 0 Å². The lowest BCUT2D eigenvalue weighted by atomic mass is 10.1. The largest absolute Gasteiger partial charge is 0.361 e. The van der Waals surface area contributed by atoms with E-state index in [-0.39, 0.29) is 27.7 Å². The molecule has 3 aromatic heterocycles. The lowest BCUT2D eigenvalue weighted by Gasteiger charge is -1.98. The Hall–Kier alpha value is -3.98. The number of nitro groups is 1. The van der Waals surface area contributed by atoms with Gasteiger partial charge in [-0.3, -0.25) is 15.3 Å². The van der Waals surface area contributed by atoms with Gasteiger partial charge < -0.3 is 20.2 Å². The highest BCUT2D eigenvalue weighted by Gasteiger charge is 2.10. The predicted octanol–water partition coefficient (Wildman–Crippen LogP) is 11.4. The minimum absolute atomic E-state index is 0. The maximum absolute atomic E-state index is 10.3. The molecular formula is C39H45Br3ClN6O4+. The summed E-state index contributed by atoms with van der Waals surface area (Å²) in [6, 6.07) is 25.5. The van der Waals surface area contributed by atoms with Gasteiger partial charge in [-0.25, -0.2) is 5.48 Å². The molecule has 0 aliphatic heterocycles. The number of hydroxylamine groups is 2. The molecule has 7 rings (SSSR count). The van der Waals surface area contributed by atoms with Crippen LogP contribution < -0.4 is 5.48 Å². The van der Waals surface area contributed by atoms with Crippen LogP contribution in [0, 0.1) is 10.1 Å². The molecule has 0 bridgehead atoms. The number of hydrogen-bond donors (Lipinski definition) is 6. The molecule has 0 aliphatic carbocycles. The zero-order valence-corrected chi connectivity index (χ0v) is 32.7. The van der Waals surface area contributed by atoms with Crippen molar-refractivity contribution in [1.29, 1.82) is 0 Å². The Balaban J connectivity index is 0.000000281. The third-order valence-electron chi connectivity index (χ3n) is 8.04. The normalized spacial score (nSPS) is 10.9. The molecule has 14 heteroatoms. The molecule has 0 radical (unpaired) electrons. The van der Waals surface area contributed by atoms with Crippen LogP contribution in [0.4, 0.5) is 0 Å². The molecule has 0 unspecified atom stereocenters. The molecular weight excluding hydrogens is 892 g/mol. The molecule has 0 atom stereocenters. The summed E-state index contributed by atoms with van der Waals surface area (Å²) in [4.78, 5) is 19.5. The molecule has 0 saturated heterocycles. The second-order valence-corrected chi connectivity index (χ2v) is 14.8. The van der Waals surface area contributed by atoms with E-state index < -0.39 is 0 Å². The highest BCUT2D eigenvalue weighted by atomic mass is 79.9. The molecule has 0 saturated carbocycles. The summed E-state index contributed by atoms with van der Waals surface area (Å²) in [5.41, 5.74) is 9.69. The molecule has 0 spiro atoms. The molecule has 53 heavy (non-hydrogen) atoms. The van der Waals surface area contributed by atoms with Crippen LogP contribution in [0.15, 0.2) is 111 Å². The first-order valence-corrected chi connectivity index (χ1v) is 18.7. The number of aromatic amines is 3. The average Bonchev–Trinajstić information content (AvgIpc) is 3.83. The van der Waals surface area contributed by atoms with Gasteiger partial charge in [0.1, 0.15) is 0 Å². The third-order valence-corrected chi connectivity index (χ3v) is 9.77. The van der Waals surface area contributed by atoms with Gasteiger partial charge in [-0.15, -0.1) is 0 Å². The van der Waals surface area contributed by atoms with Gasteiger partial charge >= 0.3 is 0 Å². The van der Waals surface area contributed by atoms with Crippen LogP contribution in [0.2, 0.25) is 5.02 Å². The highest BCUT2D eigenvalue weighted by Crippen LogP contribution is 2.25. The lowest BCUT2D eigenvalue weighted by Crippen LogP contribution is -2.12. The van der Waals surface area contributed by atoms with E-state index in [0.717, 1.165) is 59.3 Å².